The standard InChI is InChI=1S/C21H19ClO5/c1-2-4-15(11-20(23)24)14-7-9-16(10-8-14)25-12-17-13-26-19-6-3-5-18(22)21(19)27-17/h3,5-10,15,17H,11-13H2,1H3,(H,23,24)/t15-,17-/m0/s1. The third kappa shape index (κ3) is 4.87. The fourth-order valence-electron chi connectivity index (χ4n) is 2.77. The molecule has 5 nitrogen and oxygen atoms in total. The highest BCUT2D eigenvalue weighted by atomic mass is 35.5. The Labute approximate surface area is 162 Å². The Bertz CT molecular complexity index is 866. The fraction of sp³-hybridized carbons (Fsp3) is 0.286. The van der Waals surface area contributed by atoms with Crippen molar-refractivity contribution in [3.8, 4) is 29.1 Å². The van der Waals surface area contributed by atoms with Gasteiger partial charge in [0, 0.05) is 0 Å². The van der Waals surface area contributed by atoms with Gasteiger partial charge in [-0.25, -0.2) is 0 Å². The molecule has 0 amide bonds. The van der Waals surface area contributed by atoms with Crippen molar-refractivity contribution in [3.05, 3.63) is 53.1 Å². The number of hydrogen-bond donors (Lipinski definition) is 1. The number of halogens is 1. The molecule has 140 valence electrons. The van der Waals surface area contributed by atoms with Crippen molar-refractivity contribution in [2.24, 2.45) is 0 Å². The maximum Gasteiger partial charge on any atom is 0.304 e. The van der Waals surface area contributed by atoms with Gasteiger partial charge in [-0.1, -0.05) is 35.7 Å². The number of carbonyl (C=O) groups is 1. The van der Waals surface area contributed by atoms with Crippen molar-refractivity contribution >= 4 is 17.6 Å². The number of hydrogen-bond acceptors (Lipinski definition) is 4. The van der Waals surface area contributed by atoms with Crippen molar-refractivity contribution in [1.82, 2.24) is 0 Å². The Morgan fingerprint density at radius 3 is 2.81 bits per heavy atom. The van der Waals surface area contributed by atoms with Crippen LogP contribution in [-0.2, 0) is 4.79 Å². The van der Waals surface area contributed by atoms with Crippen LogP contribution in [0.5, 0.6) is 17.2 Å². The molecule has 3 rings (SSSR count). The maximum atomic E-state index is 11.0. The van der Waals surface area contributed by atoms with Gasteiger partial charge in [0.25, 0.3) is 0 Å². The van der Waals surface area contributed by atoms with E-state index in [-0.39, 0.29) is 18.4 Å². The maximum absolute atomic E-state index is 11.0. The molecule has 2 aromatic rings. The molecule has 0 saturated carbocycles. The lowest BCUT2D eigenvalue weighted by atomic mass is 9.96. The molecule has 1 aliphatic rings. The third-order valence-corrected chi connectivity index (χ3v) is 4.35. The van der Waals surface area contributed by atoms with Crippen LogP contribution in [0.3, 0.4) is 0 Å². The normalized spacial score (nSPS) is 16.0. The molecule has 2 atom stereocenters. The molecule has 1 heterocycles. The monoisotopic (exact) mass is 386 g/mol. The van der Waals surface area contributed by atoms with E-state index in [0.717, 1.165) is 5.56 Å². The highest BCUT2D eigenvalue weighted by Crippen LogP contribution is 2.38. The summed E-state index contributed by atoms with van der Waals surface area (Å²) in [6.07, 6.45) is -0.308. The van der Waals surface area contributed by atoms with Gasteiger partial charge in [0.05, 0.1) is 17.4 Å². The second kappa shape index (κ2) is 8.70. The molecule has 0 aromatic heterocycles. The van der Waals surface area contributed by atoms with Crippen LogP contribution in [0, 0.1) is 11.8 Å². The molecule has 6 heteroatoms. The average Bonchev–Trinajstić information content (AvgIpc) is 2.67. The molecule has 1 aliphatic heterocycles. The van der Waals surface area contributed by atoms with E-state index < -0.39 is 5.97 Å². The number of benzene rings is 2. The minimum absolute atomic E-state index is 0.0333. The Morgan fingerprint density at radius 1 is 1.33 bits per heavy atom. The summed E-state index contributed by atoms with van der Waals surface area (Å²) in [6.45, 7) is 2.37. The topological polar surface area (TPSA) is 65.0 Å². The van der Waals surface area contributed by atoms with Gasteiger partial charge in [-0.2, -0.15) is 0 Å². The van der Waals surface area contributed by atoms with Gasteiger partial charge in [0.2, 0.25) is 0 Å². The molecule has 0 spiro atoms. The van der Waals surface area contributed by atoms with E-state index in [2.05, 4.69) is 11.8 Å². The van der Waals surface area contributed by atoms with Crippen LogP contribution < -0.4 is 14.2 Å². The van der Waals surface area contributed by atoms with E-state index in [1.165, 1.54) is 0 Å². The van der Waals surface area contributed by atoms with Crippen molar-refractivity contribution in [3.63, 3.8) is 0 Å². The van der Waals surface area contributed by atoms with E-state index in [9.17, 15) is 4.79 Å². The van der Waals surface area contributed by atoms with E-state index in [0.29, 0.717) is 35.5 Å². The van der Waals surface area contributed by atoms with Crippen molar-refractivity contribution in [2.75, 3.05) is 13.2 Å². The van der Waals surface area contributed by atoms with E-state index >= 15 is 0 Å². The van der Waals surface area contributed by atoms with Gasteiger partial charge < -0.3 is 19.3 Å². The summed E-state index contributed by atoms with van der Waals surface area (Å²) in [7, 11) is 0. The summed E-state index contributed by atoms with van der Waals surface area (Å²) < 4.78 is 17.3. The molecule has 0 radical (unpaired) electrons. The van der Waals surface area contributed by atoms with E-state index in [1.807, 2.05) is 24.3 Å². The Morgan fingerprint density at radius 2 is 2.11 bits per heavy atom. The summed E-state index contributed by atoms with van der Waals surface area (Å²) in [6, 6.07) is 12.6. The lowest BCUT2D eigenvalue weighted by molar-refractivity contribution is -0.137. The first-order chi connectivity index (χ1) is 13.1. The minimum atomic E-state index is -0.878. The first-order valence-corrected chi connectivity index (χ1v) is 8.89. The number of ether oxygens (including phenoxy) is 3. The first kappa shape index (κ1) is 18.9. The number of carboxylic acid groups (broad SMARTS) is 1. The Kier molecular flexibility index (Phi) is 6.10. The van der Waals surface area contributed by atoms with Crippen LogP contribution in [0.25, 0.3) is 0 Å². The summed E-state index contributed by atoms with van der Waals surface area (Å²) in [4.78, 5) is 11.0. The second-order valence-corrected chi connectivity index (χ2v) is 6.45. The predicted octanol–water partition coefficient (Wildman–Crippen LogP) is 4.14. The van der Waals surface area contributed by atoms with E-state index in [4.69, 9.17) is 30.9 Å². The average molecular weight is 387 g/mol. The summed E-state index contributed by atoms with van der Waals surface area (Å²) in [5.74, 6) is 6.31. The zero-order valence-corrected chi connectivity index (χ0v) is 15.5. The molecule has 1 N–H and O–H groups in total. The van der Waals surface area contributed by atoms with Gasteiger partial charge >= 0.3 is 5.97 Å². The van der Waals surface area contributed by atoms with Gasteiger partial charge in [-0.3, -0.25) is 4.79 Å². The highest BCUT2D eigenvalue weighted by Gasteiger charge is 2.23. The van der Waals surface area contributed by atoms with Crippen LogP contribution in [0.15, 0.2) is 42.5 Å². The smallest absolute Gasteiger partial charge is 0.304 e. The first-order valence-electron chi connectivity index (χ1n) is 8.51. The van der Waals surface area contributed by atoms with Crippen LogP contribution >= 0.6 is 11.6 Å². The van der Waals surface area contributed by atoms with Crippen molar-refractivity contribution < 1.29 is 24.1 Å². The molecular formula is C21H19ClO5. The quantitative estimate of drug-likeness (QED) is 0.756. The Balaban J connectivity index is 1.60. The molecule has 0 fully saturated rings. The van der Waals surface area contributed by atoms with Crippen molar-refractivity contribution in [2.45, 2.75) is 25.4 Å². The second-order valence-electron chi connectivity index (χ2n) is 6.04. The van der Waals surface area contributed by atoms with E-state index in [1.54, 1.807) is 25.1 Å². The van der Waals surface area contributed by atoms with Gasteiger partial charge in [0.1, 0.15) is 19.0 Å². The fourth-order valence-corrected chi connectivity index (χ4v) is 2.98. The molecule has 0 aliphatic carbocycles. The molecule has 0 unspecified atom stereocenters. The van der Waals surface area contributed by atoms with Crippen LogP contribution in [0.1, 0.15) is 24.8 Å². The van der Waals surface area contributed by atoms with Crippen LogP contribution in [-0.4, -0.2) is 30.4 Å². The zero-order valence-electron chi connectivity index (χ0n) is 14.8. The SMILES string of the molecule is CC#C[C@@H](CC(=O)O)c1ccc(OC[C@H]2COc3cccc(Cl)c3O2)cc1. The number of carboxylic acids is 1. The molecule has 0 bridgehead atoms. The summed E-state index contributed by atoms with van der Waals surface area (Å²) in [5.41, 5.74) is 0.844. The number of rotatable bonds is 6. The van der Waals surface area contributed by atoms with Crippen LogP contribution in [0.2, 0.25) is 5.02 Å². The number of fused-ring (bicyclic) bond motifs is 1. The molecule has 27 heavy (non-hydrogen) atoms. The lowest BCUT2D eigenvalue weighted by Crippen LogP contribution is -2.34. The minimum Gasteiger partial charge on any atom is -0.490 e. The molecular weight excluding hydrogens is 368 g/mol. The number of para-hydroxylation sites is 1. The van der Waals surface area contributed by atoms with Crippen LogP contribution in [0.4, 0.5) is 0 Å². The molecule has 0 saturated heterocycles. The zero-order chi connectivity index (χ0) is 19.2. The largest absolute Gasteiger partial charge is 0.490 e. The highest BCUT2D eigenvalue weighted by molar-refractivity contribution is 6.32. The lowest BCUT2D eigenvalue weighted by Gasteiger charge is -2.27. The number of aliphatic carboxylic acids is 1. The Hall–Kier alpha value is -2.84. The van der Waals surface area contributed by atoms with Gasteiger partial charge in [-0.15, -0.1) is 5.92 Å². The van der Waals surface area contributed by atoms with Gasteiger partial charge in [-0.05, 0) is 36.8 Å². The molecule has 2 aromatic carbocycles. The van der Waals surface area contributed by atoms with Crippen molar-refractivity contribution in [1.29, 1.82) is 0 Å². The summed E-state index contributed by atoms with van der Waals surface area (Å²) in [5, 5.41) is 9.52. The summed E-state index contributed by atoms with van der Waals surface area (Å²) >= 11 is 6.13. The van der Waals surface area contributed by atoms with Gasteiger partial charge in [0.15, 0.2) is 17.6 Å². The predicted molar refractivity (Wildman–Crippen MR) is 102 cm³/mol. The third-order valence-electron chi connectivity index (χ3n) is 4.06.